The van der Waals surface area contributed by atoms with Crippen LogP contribution in [0.4, 0.5) is 10.2 Å². The summed E-state index contributed by atoms with van der Waals surface area (Å²) in [5, 5.41) is 12.1. The van der Waals surface area contributed by atoms with Crippen molar-refractivity contribution in [2.75, 3.05) is 19.0 Å². The lowest BCUT2D eigenvalue weighted by atomic mass is 10.1. The number of hydrogen-bond acceptors (Lipinski definition) is 8. The summed E-state index contributed by atoms with van der Waals surface area (Å²) in [4.78, 5) is 21.0. The number of aromatic nitrogens is 4. The quantitative estimate of drug-likeness (QED) is 0.646. The van der Waals surface area contributed by atoms with Crippen molar-refractivity contribution in [3.63, 3.8) is 0 Å². The van der Waals surface area contributed by atoms with Gasteiger partial charge in [0, 0.05) is 11.6 Å². The van der Waals surface area contributed by atoms with Crippen molar-refractivity contribution < 1.29 is 28.2 Å². The van der Waals surface area contributed by atoms with Crippen molar-refractivity contribution in [1.29, 1.82) is 0 Å². The first kappa shape index (κ1) is 16.1. The van der Waals surface area contributed by atoms with Gasteiger partial charge in [0.25, 0.3) is 0 Å². The van der Waals surface area contributed by atoms with Gasteiger partial charge in [-0.15, -0.1) is 9.42 Å². The van der Waals surface area contributed by atoms with Crippen molar-refractivity contribution in [3.05, 3.63) is 12.7 Å². The smallest absolute Gasteiger partial charge is 0.394 e. The molecule has 124 valence electrons. The fourth-order valence-electron chi connectivity index (χ4n) is 2.52. The van der Waals surface area contributed by atoms with E-state index >= 15 is 0 Å². The van der Waals surface area contributed by atoms with E-state index in [9.17, 15) is 14.1 Å². The third-order valence-corrected chi connectivity index (χ3v) is 3.95. The van der Waals surface area contributed by atoms with Gasteiger partial charge in [-0.1, -0.05) is 0 Å². The average molecular weight is 346 g/mol. The van der Waals surface area contributed by atoms with Crippen molar-refractivity contribution in [2.45, 2.75) is 24.6 Å². The highest BCUT2D eigenvalue weighted by Crippen LogP contribution is 2.38. The van der Waals surface area contributed by atoms with Crippen LogP contribution in [0.3, 0.4) is 0 Å². The van der Waals surface area contributed by atoms with Crippen LogP contribution in [0, 0.1) is 0 Å². The van der Waals surface area contributed by atoms with Gasteiger partial charge in [0.05, 0.1) is 12.9 Å². The molecule has 0 aromatic carbocycles. The van der Waals surface area contributed by atoms with Gasteiger partial charge in [-0.25, -0.2) is 19.3 Å². The molecule has 3 N–H and O–H groups in total. The van der Waals surface area contributed by atoms with E-state index < -0.39 is 39.5 Å². The second-order valence-electron chi connectivity index (χ2n) is 4.80. The maximum Gasteiger partial charge on any atom is 0.695 e. The van der Waals surface area contributed by atoms with E-state index in [4.69, 9.17) is 9.63 Å². The van der Waals surface area contributed by atoms with Crippen LogP contribution in [0.5, 0.6) is 0 Å². The number of nitrogens with one attached hydrogen (secondary N) is 1. The van der Waals surface area contributed by atoms with Crippen molar-refractivity contribution in [3.8, 4) is 0 Å². The highest BCUT2D eigenvalue weighted by molar-refractivity contribution is 7.32. The molecule has 12 heteroatoms. The first-order valence-electron chi connectivity index (χ1n) is 6.65. The van der Waals surface area contributed by atoms with Crippen LogP contribution in [-0.2, 0) is 13.8 Å². The molecule has 1 fully saturated rings. The summed E-state index contributed by atoms with van der Waals surface area (Å²) >= 11 is 0. The molecule has 1 saturated heterocycles. The first-order valence-corrected chi connectivity index (χ1v) is 7.78. The van der Waals surface area contributed by atoms with Gasteiger partial charge >= 0.3 is 8.25 Å². The summed E-state index contributed by atoms with van der Waals surface area (Å²) in [6.45, 7) is -0.561. The number of nitrogens with zero attached hydrogens (tertiary/aromatic N) is 4. The normalized spacial score (nSPS) is 28.3. The molecule has 0 radical (unpaired) electrons. The van der Waals surface area contributed by atoms with E-state index in [2.05, 4.69) is 24.8 Å². The van der Waals surface area contributed by atoms with Gasteiger partial charge < -0.3 is 15.2 Å². The molecule has 0 saturated carbocycles. The van der Waals surface area contributed by atoms with Gasteiger partial charge in [0.15, 0.2) is 30.0 Å². The van der Waals surface area contributed by atoms with Crippen LogP contribution in [0.25, 0.3) is 11.2 Å². The standard InChI is InChI=1S/C11H13FN5O5P/c1-13-9-7-10(15-3-14-9)17(4-16-7)11-6(12)8(22-23(19)20)5(2-18)21-11/h3-6,8,11,18H,2H2,1H3,(H-,13,14,15,19,20)/p+1. The summed E-state index contributed by atoms with van der Waals surface area (Å²) in [5.74, 6) is 0.465. The van der Waals surface area contributed by atoms with Gasteiger partial charge in [-0.05, 0) is 0 Å². The molecule has 5 atom stereocenters. The molecular formula is C11H14FN5O5P+. The van der Waals surface area contributed by atoms with E-state index in [-0.39, 0.29) is 0 Å². The Labute approximate surface area is 130 Å². The summed E-state index contributed by atoms with van der Waals surface area (Å²) in [5.41, 5.74) is 0.742. The average Bonchev–Trinajstić information content (AvgIpc) is 3.09. The third-order valence-electron chi connectivity index (χ3n) is 3.53. The molecule has 5 unspecified atom stereocenters. The second kappa shape index (κ2) is 6.38. The maximum absolute atomic E-state index is 14.6. The number of anilines is 1. The number of rotatable bonds is 5. The Hall–Kier alpha value is -1.78. The number of aliphatic hydroxyl groups excluding tert-OH is 1. The number of alkyl halides is 1. The minimum Gasteiger partial charge on any atom is -0.394 e. The monoisotopic (exact) mass is 346 g/mol. The molecule has 1 aliphatic heterocycles. The summed E-state index contributed by atoms with van der Waals surface area (Å²) in [7, 11) is -1.37. The molecule has 0 amide bonds. The van der Waals surface area contributed by atoms with Gasteiger partial charge in [-0.2, -0.15) is 0 Å². The molecule has 3 heterocycles. The number of fused-ring (bicyclic) bond motifs is 1. The predicted molar refractivity (Wildman–Crippen MR) is 75.5 cm³/mol. The van der Waals surface area contributed by atoms with E-state index in [1.165, 1.54) is 17.2 Å². The molecule has 2 aromatic heterocycles. The molecule has 0 aliphatic carbocycles. The van der Waals surface area contributed by atoms with Gasteiger partial charge in [-0.3, -0.25) is 4.57 Å². The first-order chi connectivity index (χ1) is 11.1. The summed E-state index contributed by atoms with van der Waals surface area (Å²) < 4.78 is 36.8. The Kier molecular flexibility index (Phi) is 4.46. The van der Waals surface area contributed by atoms with Gasteiger partial charge in [0.2, 0.25) is 0 Å². The SMILES string of the molecule is CNc1ncnc2c1ncn2C1OC(CO)C(O[P+](=O)O)C1F. The molecule has 2 aromatic rings. The van der Waals surface area contributed by atoms with E-state index in [0.717, 1.165) is 0 Å². The molecule has 1 aliphatic rings. The lowest BCUT2D eigenvalue weighted by Crippen LogP contribution is -2.32. The molecule has 23 heavy (non-hydrogen) atoms. The van der Waals surface area contributed by atoms with Crippen LogP contribution in [-0.4, -0.2) is 61.6 Å². The Balaban J connectivity index is 1.97. The molecule has 0 spiro atoms. The summed E-state index contributed by atoms with van der Waals surface area (Å²) in [6.07, 6.45) is -2.82. The number of imidazole rings is 1. The van der Waals surface area contributed by atoms with E-state index in [1.54, 1.807) is 7.05 Å². The zero-order chi connectivity index (χ0) is 16.6. The highest BCUT2D eigenvalue weighted by atomic mass is 31.1. The minimum absolute atomic E-state index is 0.322. The van der Waals surface area contributed by atoms with Crippen LogP contribution in [0.1, 0.15) is 6.23 Å². The van der Waals surface area contributed by atoms with Crippen LogP contribution in [0.15, 0.2) is 12.7 Å². The molecule has 0 bridgehead atoms. The van der Waals surface area contributed by atoms with Crippen molar-refractivity contribution in [2.24, 2.45) is 0 Å². The molecule has 3 rings (SSSR count). The highest BCUT2D eigenvalue weighted by Gasteiger charge is 2.51. The van der Waals surface area contributed by atoms with Crippen LogP contribution >= 0.6 is 8.25 Å². The van der Waals surface area contributed by atoms with Crippen molar-refractivity contribution >= 4 is 25.2 Å². The fourth-order valence-corrected chi connectivity index (χ4v) is 2.98. The summed E-state index contributed by atoms with van der Waals surface area (Å²) in [6, 6.07) is 0. The Bertz CT molecular complexity index is 730. The third kappa shape index (κ3) is 2.77. The Morgan fingerprint density at radius 1 is 1.52 bits per heavy atom. The lowest BCUT2D eigenvalue weighted by molar-refractivity contribution is -0.0436. The molecular weight excluding hydrogens is 332 g/mol. The van der Waals surface area contributed by atoms with Crippen LogP contribution in [0.2, 0.25) is 0 Å². The maximum atomic E-state index is 14.6. The number of hydrogen-bond donors (Lipinski definition) is 3. The molecule has 10 nitrogen and oxygen atoms in total. The zero-order valence-corrected chi connectivity index (χ0v) is 12.8. The Morgan fingerprint density at radius 3 is 2.96 bits per heavy atom. The second-order valence-corrected chi connectivity index (χ2v) is 5.48. The fraction of sp³-hybridized carbons (Fsp3) is 0.545. The van der Waals surface area contributed by atoms with E-state index in [0.29, 0.717) is 17.0 Å². The zero-order valence-electron chi connectivity index (χ0n) is 11.9. The van der Waals surface area contributed by atoms with Gasteiger partial charge in [0.1, 0.15) is 17.9 Å². The minimum atomic E-state index is -3.03. The number of ether oxygens (including phenoxy) is 1. The lowest BCUT2D eigenvalue weighted by Gasteiger charge is -2.14. The largest absolute Gasteiger partial charge is 0.695 e. The van der Waals surface area contributed by atoms with E-state index in [1.807, 2.05) is 0 Å². The number of halogens is 1. The predicted octanol–water partition coefficient (Wildman–Crippen LogP) is 0.131. The van der Waals surface area contributed by atoms with Crippen molar-refractivity contribution in [1.82, 2.24) is 19.5 Å². The Morgan fingerprint density at radius 2 is 2.30 bits per heavy atom. The topological polar surface area (TPSA) is 132 Å². The van der Waals surface area contributed by atoms with Crippen LogP contribution < -0.4 is 5.32 Å². The number of aliphatic hydroxyl groups is 1.